The summed E-state index contributed by atoms with van der Waals surface area (Å²) in [6, 6.07) is -6.39. The van der Waals surface area contributed by atoms with Gasteiger partial charge in [-0.3, -0.25) is 53.1 Å². The van der Waals surface area contributed by atoms with Gasteiger partial charge in [-0.25, -0.2) is 9.97 Å². The zero-order chi connectivity index (χ0) is 51.8. The van der Waals surface area contributed by atoms with Crippen LogP contribution in [0.2, 0.25) is 0 Å². The molecule has 1 fully saturated rings. The van der Waals surface area contributed by atoms with Crippen LogP contribution in [0.1, 0.15) is 78.2 Å². The van der Waals surface area contributed by atoms with Crippen LogP contribution in [0.15, 0.2) is 24.8 Å². The fourth-order valence-corrected chi connectivity index (χ4v) is 9.38. The first-order chi connectivity index (χ1) is 32.2. The van der Waals surface area contributed by atoms with Crippen LogP contribution in [0.3, 0.4) is 0 Å². The number of amides is 4. The number of carboxylic acids is 4. The van der Waals surface area contributed by atoms with Crippen LogP contribution in [0, 0.1) is 11.8 Å². The molecule has 0 saturated heterocycles. The van der Waals surface area contributed by atoms with E-state index < -0.39 is 185 Å². The highest BCUT2D eigenvalue weighted by atomic mass is 32.2. The predicted octanol–water partition coefficient (Wildman–Crippen LogP) is 0.294. The first kappa shape index (κ1) is 57.1. The molecular formula is C38H46F6N10O13S2. The van der Waals surface area contributed by atoms with Gasteiger partial charge in [0, 0.05) is 48.6 Å². The molecule has 0 spiro atoms. The number of carbonyl (C=O) groups excluding carboxylic acids is 5. The SMILES string of the molecule is N[C@H](CCC(=O)N[C@@H](CSC(c1cncc(C(F)(F)F)n1)C1CCCC(C(SC[C@H](NC(=O)CC[C@H](N)C(=O)O)C(=O)NCC(=O)O)c2cncc(C(F)(F)F)n2)C1=O)C(=O)NCC(=O)O)C(=O)O. The molecule has 0 radical (unpaired) electrons. The van der Waals surface area contributed by atoms with Gasteiger partial charge >= 0.3 is 36.2 Å². The lowest BCUT2D eigenvalue weighted by Crippen LogP contribution is -2.50. The molecule has 380 valence electrons. The molecule has 8 atom stereocenters. The minimum Gasteiger partial charge on any atom is -0.480 e. The highest BCUT2D eigenvalue weighted by Crippen LogP contribution is 2.49. The van der Waals surface area contributed by atoms with Crippen molar-refractivity contribution in [3.63, 3.8) is 0 Å². The van der Waals surface area contributed by atoms with Gasteiger partial charge in [0.25, 0.3) is 0 Å². The number of thioether (sulfide) groups is 2. The van der Waals surface area contributed by atoms with E-state index in [1.807, 2.05) is 10.6 Å². The number of halogens is 6. The van der Waals surface area contributed by atoms with Crippen molar-refractivity contribution in [1.29, 1.82) is 0 Å². The van der Waals surface area contributed by atoms with Gasteiger partial charge in [-0.15, -0.1) is 23.5 Å². The maximum absolute atomic E-state index is 14.9. The number of rotatable bonds is 26. The molecule has 0 bridgehead atoms. The summed E-state index contributed by atoms with van der Waals surface area (Å²) >= 11 is 1.19. The molecule has 0 aliphatic heterocycles. The normalized spacial score (nSPS) is 17.8. The standard InChI is InChI=1S/C38H46F6N10O13S2/c39-37(40,41)24-10-47-8-20(51-24)31(68-14-22(33(62)49-12-28(57)58)53-26(55)6-4-18(45)35(64)65)16-2-1-3-17(30(16)61)32(21-9-48-11-25(52-21)38(42,43)44)69-15-23(34(63)50-13-29(59)60)54-27(56)7-5-19(46)36(66)67/h8-11,16-19,22-23,31-32H,1-7,12-15,45-46H2,(H,49,62)(H,50,63)(H,53,55)(H,54,56)(H,57,58)(H,59,60)(H,64,65)(H,66,67)/t16?,17?,18-,19+,22-,23-,31?,32?/m0/s1. The Hall–Kier alpha value is -6.21. The molecule has 4 unspecified atom stereocenters. The minimum absolute atomic E-state index is 0.0418. The van der Waals surface area contributed by atoms with Crippen molar-refractivity contribution in [1.82, 2.24) is 41.2 Å². The van der Waals surface area contributed by atoms with Crippen molar-refractivity contribution in [2.45, 2.75) is 92.0 Å². The number of alkyl halides is 6. The monoisotopic (exact) mass is 1030 g/mol. The number of nitrogens with two attached hydrogens (primary N) is 2. The second-order valence-electron chi connectivity index (χ2n) is 15.1. The number of nitrogens with zero attached hydrogens (tertiary/aromatic N) is 4. The lowest BCUT2D eigenvalue weighted by Gasteiger charge is -2.36. The minimum atomic E-state index is -5.09. The topological polar surface area (TPSA) is 386 Å². The van der Waals surface area contributed by atoms with Crippen LogP contribution < -0.4 is 32.7 Å². The Bertz CT molecular complexity index is 2070. The Balaban J connectivity index is 2.12. The van der Waals surface area contributed by atoms with Gasteiger partial charge in [-0.05, 0) is 25.7 Å². The number of ketones is 1. The molecular weight excluding hydrogens is 983 g/mol. The molecule has 2 aromatic heterocycles. The molecule has 2 aromatic rings. The molecule has 23 nitrogen and oxygen atoms in total. The lowest BCUT2D eigenvalue weighted by molar-refractivity contribution is -0.142. The number of carbonyl (C=O) groups is 9. The Morgan fingerprint density at radius 1 is 0.638 bits per heavy atom. The number of nitrogens with one attached hydrogen (secondary N) is 4. The molecule has 12 N–H and O–H groups in total. The number of Topliss-reactive ketones (excluding diaryl/α,β-unsaturated/α-hetero) is 1. The predicted molar refractivity (Wildman–Crippen MR) is 225 cm³/mol. The van der Waals surface area contributed by atoms with Crippen LogP contribution in [0.4, 0.5) is 26.3 Å². The van der Waals surface area contributed by atoms with Gasteiger partial charge in [0.2, 0.25) is 23.6 Å². The number of hydrogen-bond acceptors (Lipinski definition) is 17. The summed E-state index contributed by atoms with van der Waals surface area (Å²) in [7, 11) is 0. The Morgan fingerprint density at radius 2 is 1.00 bits per heavy atom. The molecule has 1 aliphatic rings. The fraction of sp³-hybridized carbons (Fsp3) is 0.553. The van der Waals surface area contributed by atoms with Gasteiger partial charge in [0.1, 0.15) is 43.0 Å². The summed E-state index contributed by atoms with van der Waals surface area (Å²) in [6.45, 7) is -1.93. The molecule has 4 amide bonds. The first-order valence-electron chi connectivity index (χ1n) is 20.3. The van der Waals surface area contributed by atoms with Crippen LogP contribution in [0.25, 0.3) is 0 Å². The number of aliphatic carboxylic acids is 4. The van der Waals surface area contributed by atoms with Crippen molar-refractivity contribution in [3.8, 4) is 0 Å². The Morgan fingerprint density at radius 3 is 1.32 bits per heavy atom. The first-order valence-corrected chi connectivity index (χ1v) is 22.4. The Kier molecular flexibility index (Phi) is 21.5. The molecule has 69 heavy (non-hydrogen) atoms. The third-order valence-electron chi connectivity index (χ3n) is 9.98. The lowest BCUT2D eigenvalue weighted by atomic mass is 9.76. The van der Waals surface area contributed by atoms with Gasteiger partial charge in [0.05, 0.1) is 34.3 Å². The van der Waals surface area contributed by atoms with Crippen LogP contribution >= 0.6 is 23.5 Å². The third kappa shape index (κ3) is 18.3. The summed E-state index contributed by atoms with van der Waals surface area (Å²) < 4.78 is 84.1. The zero-order valence-corrected chi connectivity index (χ0v) is 37.3. The maximum Gasteiger partial charge on any atom is 0.434 e. The van der Waals surface area contributed by atoms with Gasteiger partial charge in [-0.2, -0.15) is 26.3 Å². The van der Waals surface area contributed by atoms with E-state index in [-0.39, 0.29) is 19.3 Å². The third-order valence-corrected chi connectivity index (χ3v) is 12.9. The summed E-state index contributed by atoms with van der Waals surface area (Å²) in [4.78, 5) is 127. The smallest absolute Gasteiger partial charge is 0.434 e. The van der Waals surface area contributed by atoms with Crippen molar-refractivity contribution < 1.29 is 89.9 Å². The molecule has 1 saturated carbocycles. The quantitative estimate of drug-likeness (QED) is 0.0566. The van der Waals surface area contributed by atoms with E-state index in [2.05, 4.69) is 30.6 Å². The number of carboxylic acid groups (broad SMARTS) is 4. The zero-order valence-electron chi connectivity index (χ0n) is 35.7. The molecule has 31 heteroatoms. The Labute approximate surface area is 394 Å². The van der Waals surface area contributed by atoms with E-state index in [4.69, 9.17) is 31.9 Å². The van der Waals surface area contributed by atoms with Gasteiger partial charge < -0.3 is 53.2 Å². The fourth-order valence-electron chi connectivity index (χ4n) is 6.53. The average molecular weight is 1030 g/mol. The second-order valence-corrected chi connectivity index (χ2v) is 17.5. The van der Waals surface area contributed by atoms with E-state index >= 15 is 0 Å². The molecule has 3 rings (SSSR count). The van der Waals surface area contributed by atoms with Crippen molar-refractivity contribution in [2.24, 2.45) is 23.3 Å². The van der Waals surface area contributed by atoms with Crippen molar-refractivity contribution >= 4 is 76.8 Å². The highest BCUT2D eigenvalue weighted by molar-refractivity contribution is 7.99. The molecule has 1 aliphatic carbocycles. The maximum atomic E-state index is 14.9. The molecule has 0 aromatic carbocycles. The van der Waals surface area contributed by atoms with E-state index in [0.717, 1.165) is 12.4 Å². The van der Waals surface area contributed by atoms with Crippen molar-refractivity contribution in [2.75, 3.05) is 24.6 Å². The number of hydrogen-bond donors (Lipinski definition) is 10. The largest absolute Gasteiger partial charge is 0.480 e. The molecule has 2 heterocycles. The summed E-state index contributed by atoms with van der Waals surface area (Å²) in [5, 5.41) is 42.2. The summed E-state index contributed by atoms with van der Waals surface area (Å²) in [5.74, 6) is -15.0. The average Bonchev–Trinajstić information content (AvgIpc) is 3.27. The van der Waals surface area contributed by atoms with Gasteiger partial charge in [0.15, 0.2) is 11.4 Å². The van der Waals surface area contributed by atoms with Crippen LogP contribution in [-0.2, 0) is 55.5 Å². The van der Waals surface area contributed by atoms with Gasteiger partial charge in [-0.1, -0.05) is 6.42 Å². The van der Waals surface area contributed by atoms with Crippen molar-refractivity contribution in [3.05, 3.63) is 47.6 Å². The summed E-state index contributed by atoms with van der Waals surface area (Å²) in [6.07, 6.45) is -9.83. The van der Waals surface area contributed by atoms with Crippen LogP contribution in [-0.4, -0.2) is 142 Å². The summed E-state index contributed by atoms with van der Waals surface area (Å²) in [5.41, 5.74) is 6.92. The second kappa shape index (κ2) is 26.0. The highest BCUT2D eigenvalue weighted by Gasteiger charge is 2.45. The van der Waals surface area contributed by atoms with Crippen LogP contribution in [0.5, 0.6) is 0 Å². The van der Waals surface area contributed by atoms with E-state index in [1.54, 1.807) is 0 Å². The van der Waals surface area contributed by atoms with E-state index in [9.17, 15) is 69.5 Å². The van der Waals surface area contributed by atoms with E-state index in [1.165, 1.54) is 0 Å². The number of aromatic nitrogens is 4. The van der Waals surface area contributed by atoms with E-state index in [0.29, 0.717) is 35.9 Å².